The van der Waals surface area contributed by atoms with Crippen LogP contribution in [0.4, 0.5) is 0 Å². The highest BCUT2D eigenvalue weighted by molar-refractivity contribution is 6.40. The van der Waals surface area contributed by atoms with Crippen LogP contribution in [0.2, 0.25) is 0 Å². The zero-order valence-electron chi connectivity index (χ0n) is 18.5. The van der Waals surface area contributed by atoms with Gasteiger partial charge in [-0.05, 0) is 56.4 Å². The highest BCUT2D eigenvalue weighted by atomic mass is 16.2. The molecule has 2 fully saturated rings. The van der Waals surface area contributed by atoms with Crippen molar-refractivity contribution in [3.8, 4) is 0 Å². The van der Waals surface area contributed by atoms with Crippen LogP contribution >= 0.6 is 0 Å². The van der Waals surface area contributed by atoms with Crippen molar-refractivity contribution in [3.63, 3.8) is 0 Å². The van der Waals surface area contributed by atoms with Gasteiger partial charge in [0.2, 0.25) is 23.4 Å². The largest absolute Gasteiger partial charge is 0.344 e. The number of aryl methyl sites for hydroxylation is 1. The first-order valence-corrected chi connectivity index (χ1v) is 11.6. The number of carbonyl (C=O) groups is 4. The van der Waals surface area contributed by atoms with Gasteiger partial charge in [0.1, 0.15) is 6.04 Å². The van der Waals surface area contributed by atoms with E-state index in [0.29, 0.717) is 38.6 Å². The molecule has 2 aliphatic rings. The lowest BCUT2D eigenvalue weighted by Gasteiger charge is -2.33. The lowest BCUT2D eigenvalue weighted by molar-refractivity contribution is -0.142. The summed E-state index contributed by atoms with van der Waals surface area (Å²) >= 11 is 0. The third-order valence-corrected chi connectivity index (χ3v) is 6.67. The molecule has 2 atom stereocenters. The summed E-state index contributed by atoms with van der Waals surface area (Å²) in [6.45, 7) is 0.134. The molecular weight excluding hydrogens is 408 g/mol. The number of nitrogens with one attached hydrogen (secondary N) is 1. The van der Waals surface area contributed by atoms with Gasteiger partial charge >= 0.3 is 0 Å². The Bertz CT molecular complexity index is 821. The number of rotatable bonds is 9. The first kappa shape index (κ1) is 24.1. The maximum Gasteiger partial charge on any atom is 0.243 e. The van der Waals surface area contributed by atoms with Gasteiger partial charge in [0, 0.05) is 19.0 Å². The van der Waals surface area contributed by atoms with Crippen molar-refractivity contribution >= 4 is 23.4 Å². The predicted molar refractivity (Wildman–Crippen MR) is 120 cm³/mol. The number of nitrogens with two attached hydrogens (primary N) is 2. The molecule has 1 aromatic carbocycles. The molecule has 32 heavy (non-hydrogen) atoms. The first-order valence-electron chi connectivity index (χ1n) is 11.6. The number of hydrogen-bond donors (Lipinski definition) is 3. The van der Waals surface area contributed by atoms with E-state index >= 15 is 0 Å². The Morgan fingerprint density at radius 1 is 1.03 bits per heavy atom. The van der Waals surface area contributed by atoms with Crippen LogP contribution in [0.25, 0.3) is 0 Å². The summed E-state index contributed by atoms with van der Waals surface area (Å²) in [5.41, 5.74) is 12.5. The van der Waals surface area contributed by atoms with E-state index in [1.807, 2.05) is 30.3 Å². The molecule has 5 N–H and O–H groups in total. The van der Waals surface area contributed by atoms with E-state index in [1.54, 1.807) is 4.90 Å². The van der Waals surface area contributed by atoms with E-state index < -0.39 is 23.7 Å². The zero-order chi connectivity index (χ0) is 23.1. The van der Waals surface area contributed by atoms with Gasteiger partial charge in [0.05, 0.1) is 12.6 Å². The summed E-state index contributed by atoms with van der Waals surface area (Å²) in [5, 5.41) is 2.82. The minimum atomic E-state index is -0.909. The lowest BCUT2D eigenvalue weighted by Crippen LogP contribution is -2.55. The topological polar surface area (TPSA) is 136 Å². The Morgan fingerprint density at radius 2 is 1.72 bits per heavy atom. The van der Waals surface area contributed by atoms with E-state index in [2.05, 4.69) is 5.32 Å². The molecule has 174 valence electrons. The molecule has 1 aliphatic carbocycles. The fourth-order valence-corrected chi connectivity index (χ4v) is 4.78. The Balaban J connectivity index is 1.65. The standard InChI is InChI=1S/C24H34N4O4/c25-15-20(29)23(31)22(17-9-11-18(26)12-10-17)27-24(32)19-7-4-14-28(19)21(30)13-8-16-5-2-1-3-6-16/h1-3,5-6,17-19,22H,4,7-15,25-26H2,(H,27,32)/t17?,18?,19-,22?/m0/s1. The van der Waals surface area contributed by atoms with Crippen molar-refractivity contribution in [2.45, 2.75) is 69.5 Å². The van der Waals surface area contributed by atoms with E-state index in [1.165, 1.54) is 0 Å². The van der Waals surface area contributed by atoms with Crippen LogP contribution in [-0.4, -0.2) is 59.5 Å². The summed E-state index contributed by atoms with van der Waals surface area (Å²) in [6.07, 6.45) is 5.03. The molecule has 0 spiro atoms. The van der Waals surface area contributed by atoms with Gasteiger partial charge in [-0.1, -0.05) is 30.3 Å². The first-order chi connectivity index (χ1) is 15.4. The smallest absolute Gasteiger partial charge is 0.243 e. The summed E-state index contributed by atoms with van der Waals surface area (Å²) < 4.78 is 0. The molecule has 1 aromatic rings. The van der Waals surface area contributed by atoms with Gasteiger partial charge in [-0.15, -0.1) is 0 Å². The molecule has 0 radical (unpaired) electrons. The summed E-state index contributed by atoms with van der Waals surface area (Å²) in [6, 6.07) is 8.30. The SMILES string of the molecule is NCC(=O)C(=O)C(NC(=O)[C@@H]1CCCN1C(=O)CCc1ccccc1)C1CCC(N)CC1. The monoisotopic (exact) mass is 442 g/mol. The van der Waals surface area contributed by atoms with Crippen LogP contribution in [-0.2, 0) is 25.6 Å². The second-order valence-electron chi connectivity index (χ2n) is 8.88. The van der Waals surface area contributed by atoms with Gasteiger partial charge < -0.3 is 21.7 Å². The minimum Gasteiger partial charge on any atom is -0.344 e. The molecule has 1 saturated carbocycles. The highest BCUT2D eigenvalue weighted by Crippen LogP contribution is 2.27. The molecular formula is C24H34N4O4. The molecule has 8 heteroatoms. The predicted octanol–water partition coefficient (Wildman–Crippen LogP) is 0.709. The number of benzene rings is 1. The van der Waals surface area contributed by atoms with Gasteiger partial charge in [-0.2, -0.15) is 0 Å². The average molecular weight is 443 g/mol. The van der Waals surface area contributed by atoms with E-state index in [9.17, 15) is 19.2 Å². The second kappa shape index (κ2) is 11.3. The molecule has 3 rings (SSSR count). The Labute approximate surface area is 189 Å². The number of hydrogen-bond acceptors (Lipinski definition) is 6. The highest BCUT2D eigenvalue weighted by Gasteiger charge is 2.39. The van der Waals surface area contributed by atoms with Crippen molar-refractivity contribution < 1.29 is 19.2 Å². The lowest BCUT2D eigenvalue weighted by atomic mass is 9.79. The molecule has 2 amide bonds. The minimum absolute atomic E-state index is 0.0731. The maximum absolute atomic E-state index is 13.1. The van der Waals surface area contributed by atoms with Crippen molar-refractivity contribution in [1.29, 1.82) is 0 Å². The van der Waals surface area contributed by atoms with Crippen molar-refractivity contribution in [3.05, 3.63) is 35.9 Å². The summed E-state index contributed by atoms with van der Waals surface area (Å²) in [5.74, 6) is -1.93. The molecule has 8 nitrogen and oxygen atoms in total. The van der Waals surface area contributed by atoms with Crippen LogP contribution in [0.1, 0.15) is 50.5 Å². The van der Waals surface area contributed by atoms with Gasteiger partial charge in [-0.3, -0.25) is 19.2 Å². The number of carbonyl (C=O) groups excluding carboxylic acids is 4. The molecule has 1 saturated heterocycles. The molecule has 0 aromatic heterocycles. The number of amides is 2. The molecule has 1 heterocycles. The molecule has 1 unspecified atom stereocenters. The summed E-state index contributed by atoms with van der Waals surface area (Å²) in [7, 11) is 0. The van der Waals surface area contributed by atoms with Crippen LogP contribution in [0.15, 0.2) is 30.3 Å². The van der Waals surface area contributed by atoms with E-state index in [-0.39, 0.29) is 30.3 Å². The van der Waals surface area contributed by atoms with Crippen molar-refractivity contribution in [1.82, 2.24) is 10.2 Å². The van der Waals surface area contributed by atoms with Crippen LogP contribution in [0.3, 0.4) is 0 Å². The summed E-state index contributed by atoms with van der Waals surface area (Å²) in [4.78, 5) is 52.4. The maximum atomic E-state index is 13.1. The Hall–Kier alpha value is -2.58. The van der Waals surface area contributed by atoms with E-state index in [0.717, 1.165) is 24.8 Å². The van der Waals surface area contributed by atoms with Crippen LogP contribution in [0, 0.1) is 5.92 Å². The number of ketones is 2. The second-order valence-corrected chi connectivity index (χ2v) is 8.88. The molecule has 0 bridgehead atoms. The normalized spacial score (nSPS) is 24.1. The van der Waals surface area contributed by atoms with Crippen LogP contribution in [0.5, 0.6) is 0 Å². The Morgan fingerprint density at radius 3 is 2.38 bits per heavy atom. The van der Waals surface area contributed by atoms with Crippen molar-refractivity contribution in [2.75, 3.05) is 13.1 Å². The average Bonchev–Trinajstić information content (AvgIpc) is 3.31. The van der Waals surface area contributed by atoms with Gasteiger partial charge in [-0.25, -0.2) is 0 Å². The number of nitrogens with zero attached hydrogens (tertiary/aromatic N) is 1. The van der Waals surface area contributed by atoms with Gasteiger partial charge in [0.25, 0.3) is 0 Å². The quantitative estimate of drug-likeness (QED) is 0.482. The third-order valence-electron chi connectivity index (χ3n) is 6.67. The zero-order valence-corrected chi connectivity index (χ0v) is 18.5. The van der Waals surface area contributed by atoms with Crippen LogP contribution < -0.4 is 16.8 Å². The Kier molecular flexibility index (Phi) is 8.53. The molecule has 1 aliphatic heterocycles. The number of Topliss-reactive ketones (excluding diaryl/α,β-unsaturated/α-hetero) is 2. The third kappa shape index (κ3) is 6.01. The van der Waals surface area contributed by atoms with Gasteiger partial charge in [0.15, 0.2) is 0 Å². The number of likely N-dealkylation sites (tertiary alicyclic amines) is 1. The van der Waals surface area contributed by atoms with Crippen molar-refractivity contribution in [2.24, 2.45) is 17.4 Å². The fourth-order valence-electron chi connectivity index (χ4n) is 4.78. The fraction of sp³-hybridized carbons (Fsp3) is 0.583. The van der Waals surface area contributed by atoms with E-state index in [4.69, 9.17) is 11.5 Å².